The minimum Gasteiger partial charge on any atom is -0.355 e. The van der Waals surface area contributed by atoms with Crippen LogP contribution < -0.4 is 16.6 Å². The van der Waals surface area contributed by atoms with Crippen molar-refractivity contribution < 1.29 is 9.72 Å². The topological polar surface area (TPSA) is 114 Å². The Morgan fingerprint density at radius 3 is 3.00 bits per heavy atom. The molecule has 1 aromatic carbocycles. The first-order chi connectivity index (χ1) is 9.60. The van der Waals surface area contributed by atoms with Crippen molar-refractivity contribution in [3.63, 3.8) is 0 Å². The molecule has 1 aliphatic heterocycles. The van der Waals surface area contributed by atoms with Gasteiger partial charge in [-0.25, -0.2) is 0 Å². The molecule has 1 heterocycles. The summed E-state index contributed by atoms with van der Waals surface area (Å²) in [6.07, 6.45) is 0.871. The summed E-state index contributed by atoms with van der Waals surface area (Å²) in [5.74, 6) is 5.23. The third-order valence-electron chi connectivity index (χ3n) is 3.16. The van der Waals surface area contributed by atoms with Crippen molar-refractivity contribution in [1.29, 1.82) is 0 Å². The Bertz CT molecular complexity index is 520. The lowest BCUT2D eigenvalue weighted by molar-refractivity contribution is -0.384. The number of nitro benzene ring substituents is 1. The van der Waals surface area contributed by atoms with Crippen LogP contribution in [0.2, 0.25) is 0 Å². The van der Waals surface area contributed by atoms with Gasteiger partial charge in [-0.3, -0.25) is 25.7 Å². The van der Waals surface area contributed by atoms with Crippen molar-refractivity contribution in [2.45, 2.75) is 13.0 Å². The number of nitrogen functional groups attached to an aromatic ring is 1. The van der Waals surface area contributed by atoms with Gasteiger partial charge >= 0.3 is 0 Å². The summed E-state index contributed by atoms with van der Waals surface area (Å²) >= 11 is 0. The maximum atomic E-state index is 11.5. The van der Waals surface area contributed by atoms with Gasteiger partial charge in [0.1, 0.15) is 5.69 Å². The van der Waals surface area contributed by atoms with Crippen molar-refractivity contribution >= 4 is 17.3 Å². The van der Waals surface area contributed by atoms with E-state index >= 15 is 0 Å². The highest BCUT2D eigenvalue weighted by molar-refractivity contribution is 5.78. The van der Waals surface area contributed by atoms with E-state index in [0.717, 1.165) is 18.5 Å². The molecule has 1 aromatic rings. The van der Waals surface area contributed by atoms with E-state index in [1.165, 1.54) is 6.07 Å². The third-order valence-corrected chi connectivity index (χ3v) is 3.16. The normalized spacial score (nSPS) is 16.4. The lowest BCUT2D eigenvalue weighted by Crippen LogP contribution is -2.32. The number of nitrogens with two attached hydrogens (primary N) is 1. The number of nitrogens with zero attached hydrogens (tertiary/aromatic N) is 2. The molecule has 0 unspecified atom stereocenters. The first kappa shape index (κ1) is 14.2. The number of benzene rings is 1. The van der Waals surface area contributed by atoms with Gasteiger partial charge in [0.05, 0.1) is 11.5 Å². The predicted octanol–water partition coefficient (Wildman–Crippen LogP) is 0.202. The maximum Gasteiger partial charge on any atom is 0.293 e. The number of carbonyl (C=O) groups is 1. The number of hydrogen-bond donors (Lipinski definition) is 3. The Morgan fingerprint density at radius 1 is 1.50 bits per heavy atom. The molecule has 0 aliphatic carbocycles. The Hall–Kier alpha value is -2.19. The van der Waals surface area contributed by atoms with Crippen LogP contribution in [0.3, 0.4) is 0 Å². The summed E-state index contributed by atoms with van der Waals surface area (Å²) in [6.45, 7) is 2.26. The van der Waals surface area contributed by atoms with E-state index in [1.54, 1.807) is 12.1 Å². The number of hydrogen-bond acceptors (Lipinski definition) is 6. The van der Waals surface area contributed by atoms with E-state index in [4.69, 9.17) is 5.84 Å². The van der Waals surface area contributed by atoms with Crippen molar-refractivity contribution in [1.82, 2.24) is 10.2 Å². The average molecular weight is 279 g/mol. The Morgan fingerprint density at radius 2 is 2.30 bits per heavy atom. The molecule has 8 nitrogen and oxygen atoms in total. The number of amides is 1. The van der Waals surface area contributed by atoms with Crippen LogP contribution in [-0.4, -0.2) is 35.4 Å². The van der Waals surface area contributed by atoms with Crippen LogP contribution in [0.15, 0.2) is 18.2 Å². The summed E-state index contributed by atoms with van der Waals surface area (Å²) in [5, 5.41) is 13.8. The second-order valence-electron chi connectivity index (χ2n) is 4.67. The van der Waals surface area contributed by atoms with Crippen molar-refractivity contribution in [3.8, 4) is 0 Å². The molecule has 0 radical (unpaired) electrons. The highest BCUT2D eigenvalue weighted by atomic mass is 16.6. The summed E-state index contributed by atoms with van der Waals surface area (Å²) in [5.41, 5.74) is 3.29. The highest BCUT2D eigenvalue weighted by Crippen LogP contribution is 2.25. The second-order valence-corrected chi connectivity index (χ2v) is 4.67. The largest absolute Gasteiger partial charge is 0.355 e. The van der Waals surface area contributed by atoms with Crippen LogP contribution in [0.4, 0.5) is 11.4 Å². The van der Waals surface area contributed by atoms with Crippen LogP contribution in [-0.2, 0) is 11.3 Å². The first-order valence-corrected chi connectivity index (χ1v) is 6.33. The van der Waals surface area contributed by atoms with Gasteiger partial charge < -0.3 is 10.7 Å². The minimum absolute atomic E-state index is 0.0164. The van der Waals surface area contributed by atoms with Gasteiger partial charge in [0.15, 0.2) is 0 Å². The fourth-order valence-corrected chi connectivity index (χ4v) is 2.21. The molecule has 1 amide bonds. The maximum absolute atomic E-state index is 11.5. The zero-order chi connectivity index (χ0) is 14.5. The van der Waals surface area contributed by atoms with E-state index in [1.807, 2.05) is 4.90 Å². The monoisotopic (exact) mass is 279 g/mol. The summed E-state index contributed by atoms with van der Waals surface area (Å²) in [7, 11) is 0. The van der Waals surface area contributed by atoms with E-state index in [-0.39, 0.29) is 17.3 Å². The number of hydrazine groups is 1. The van der Waals surface area contributed by atoms with E-state index in [9.17, 15) is 14.9 Å². The lowest BCUT2D eigenvalue weighted by Gasteiger charge is -2.18. The van der Waals surface area contributed by atoms with Crippen molar-refractivity contribution in [2.24, 2.45) is 5.84 Å². The number of nitrogens with one attached hydrogen (secondary N) is 2. The Kier molecular flexibility index (Phi) is 4.49. The highest BCUT2D eigenvalue weighted by Gasteiger charge is 2.18. The van der Waals surface area contributed by atoms with Crippen molar-refractivity contribution in [2.75, 3.05) is 25.1 Å². The van der Waals surface area contributed by atoms with Gasteiger partial charge in [-0.05, 0) is 18.1 Å². The number of anilines is 1. The third kappa shape index (κ3) is 3.43. The van der Waals surface area contributed by atoms with Crippen molar-refractivity contribution in [3.05, 3.63) is 33.9 Å². The molecule has 0 saturated carbocycles. The zero-order valence-corrected chi connectivity index (χ0v) is 11.0. The lowest BCUT2D eigenvalue weighted by atomic mass is 10.1. The molecule has 1 fully saturated rings. The fraction of sp³-hybridized carbons (Fsp3) is 0.417. The molecule has 8 heteroatoms. The van der Waals surface area contributed by atoms with E-state index < -0.39 is 4.92 Å². The van der Waals surface area contributed by atoms with Crippen LogP contribution in [0.1, 0.15) is 12.0 Å². The molecule has 0 spiro atoms. The summed E-state index contributed by atoms with van der Waals surface area (Å²) < 4.78 is 0. The molecule has 1 aliphatic rings. The van der Waals surface area contributed by atoms with Crippen LogP contribution in [0.5, 0.6) is 0 Å². The number of nitro groups is 1. The van der Waals surface area contributed by atoms with Gasteiger partial charge in [-0.2, -0.15) is 0 Å². The molecule has 0 aromatic heterocycles. The Labute approximate surface area is 116 Å². The second kappa shape index (κ2) is 6.31. The summed E-state index contributed by atoms with van der Waals surface area (Å²) in [6, 6.07) is 4.83. The van der Waals surface area contributed by atoms with Crippen LogP contribution in [0.25, 0.3) is 0 Å². The van der Waals surface area contributed by atoms with Crippen LogP contribution >= 0.6 is 0 Å². The van der Waals surface area contributed by atoms with E-state index in [0.29, 0.717) is 19.6 Å². The molecular formula is C12H17N5O3. The quantitative estimate of drug-likeness (QED) is 0.412. The molecule has 108 valence electrons. The molecule has 0 atom stereocenters. The van der Waals surface area contributed by atoms with Gasteiger partial charge in [0.2, 0.25) is 5.91 Å². The summed E-state index contributed by atoms with van der Waals surface area (Å²) in [4.78, 5) is 23.9. The number of rotatable bonds is 4. The predicted molar refractivity (Wildman–Crippen MR) is 73.8 cm³/mol. The number of carbonyl (C=O) groups excluding carboxylic acids is 1. The molecule has 1 saturated heterocycles. The zero-order valence-electron chi connectivity index (χ0n) is 11.0. The van der Waals surface area contributed by atoms with Gasteiger partial charge in [-0.15, -0.1) is 0 Å². The minimum atomic E-state index is -0.478. The molecule has 4 N–H and O–H groups in total. The fourth-order valence-electron chi connectivity index (χ4n) is 2.21. The SMILES string of the molecule is NNc1ccc(CN2CCCNC(=O)C2)cc1[N+](=O)[O-]. The standard InChI is InChI=1S/C12H17N5O3/c13-15-10-3-2-9(6-11(10)17(19)20)7-16-5-1-4-14-12(18)8-16/h2-3,6,15H,1,4-5,7-8,13H2,(H,14,18). The average Bonchev–Trinajstić information content (AvgIpc) is 2.63. The molecular weight excluding hydrogens is 262 g/mol. The van der Waals surface area contributed by atoms with Gasteiger partial charge in [0, 0.05) is 25.7 Å². The van der Waals surface area contributed by atoms with Crippen LogP contribution in [0, 0.1) is 10.1 Å². The first-order valence-electron chi connectivity index (χ1n) is 6.33. The molecule has 2 rings (SSSR count). The van der Waals surface area contributed by atoms with Gasteiger partial charge in [-0.1, -0.05) is 6.07 Å². The Balaban J connectivity index is 2.14. The van der Waals surface area contributed by atoms with E-state index in [2.05, 4.69) is 10.7 Å². The molecule has 20 heavy (non-hydrogen) atoms. The molecule has 0 bridgehead atoms. The smallest absolute Gasteiger partial charge is 0.293 e. The van der Waals surface area contributed by atoms with Gasteiger partial charge in [0.25, 0.3) is 5.69 Å².